The Morgan fingerprint density at radius 1 is 1.19 bits per heavy atom. The molecule has 3 heteroatoms. The fraction of sp³-hybridized carbons (Fsp3) is 0.333. The quantitative estimate of drug-likeness (QED) is 0.863. The molecule has 0 aliphatic heterocycles. The van der Waals surface area contributed by atoms with Gasteiger partial charge in [-0.15, -0.1) is 0 Å². The Hall–Kier alpha value is -1.51. The Labute approximate surface area is 132 Å². The van der Waals surface area contributed by atoms with Crippen LogP contribution in [0.5, 0.6) is 5.75 Å². The van der Waals surface area contributed by atoms with Gasteiger partial charge < -0.3 is 10.1 Å². The third-order valence-corrected chi connectivity index (χ3v) is 3.91. The van der Waals surface area contributed by atoms with E-state index >= 15 is 0 Å². The Bertz CT molecular complexity index is 598. The first-order chi connectivity index (χ1) is 10.1. The van der Waals surface area contributed by atoms with E-state index in [9.17, 15) is 0 Å². The predicted molar refractivity (Wildman–Crippen MR) is 89.6 cm³/mol. The third kappa shape index (κ3) is 4.23. The number of likely N-dealkylation sites (N-methyl/N-ethyl adjacent to an activating group) is 1. The minimum atomic E-state index is 0.391. The molecule has 2 nitrogen and oxygen atoms in total. The Morgan fingerprint density at radius 3 is 2.67 bits per heavy atom. The Kier molecular flexibility index (Phi) is 5.66. The van der Waals surface area contributed by atoms with Crippen LogP contribution in [0.1, 0.15) is 22.6 Å². The largest absolute Gasteiger partial charge is 0.496 e. The van der Waals surface area contributed by atoms with Gasteiger partial charge in [-0.25, -0.2) is 0 Å². The first-order valence-corrected chi connectivity index (χ1v) is 7.55. The molecular weight excluding hydrogens is 282 g/mol. The highest BCUT2D eigenvalue weighted by molar-refractivity contribution is 6.30. The van der Waals surface area contributed by atoms with Gasteiger partial charge in [-0.3, -0.25) is 0 Å². The number of nitrogens with one attached hydrogen (secondary N) is 1. The van der Waals surface area contributed by atoms with E-state index in [1.165, 1.54) is 11.1 Å². The third-order valence-electron chi connectivity index (χ3n) is 3.67. The standard InChI is InChI=1S/C18H22ClNO/c1-13-5-4-6-14(9-13)16(12-20-2)10-15-11-17(19)7-8-18(15)21-3/h4-9,11,16,20H,10,12H2,1-3H3. The summed E-state index contributed by atoms with van der Waals surface area (Å²) in [5, 5.41) is 4.03. The van der Waals surface area contributed by atoms with Crippen LogP contribution < -0.4 is 10.1 Å². The second-order valence-electron chi connectivity index (χ2n) is 5.33. The lowest BCUT2D eigenvalue weighted by atomic mass is 9.90. The summed E-state index contributed by atoms with van der Waals surface area (Å²) in [5.74, 6) is 1.29. The number of benzene rings is 2. The lowest BCUT2D eigenvalue weighted by molar-refractivity contribution is 0.407. The van der Waals surface area contributed by atoms with Crippen molar-refractivity contribution in [3.63, 3.8) is 0 Å². The molecule has 0 fully saturated rings. The molecule has 1 atom stereocenters. The summed E-state index contributed by atoms with van der Waals surface area (Å²) in [6.45, 7) is 3.04. The first-order valence-electron chi connectivity index (χ1n) is 7.17. The summed E-state index contributed by atoms with van der Waals surface area (Å²) < 4.78 is 5.46. The van der Waals surface area contributed by atoms with E-state index in [2.05, 4.69) is 36.5 Å². The van der Waals surface area contributed by atoms with Crippen LogP contribution in [-0.4, -0.2) is 20.7 Å². The van der Waals surface area contributed by atoms with Crippen LogP contribution in [0.15, 0.2) is 42.5 Å². The Balaban J connectivity index is 2.30. The van der Waals surface area contributed by atoms with Gasteiger partial charge in [0.25, 0.3) is 0 Å². The number of ether oxygens (including phenoxy) is 1. The van der Waals surface area contributed by atoms with E-state index in [4.69, 9.17) is 16.3 Å². The normalized spacial score (nSPS) is 12.2. The second kappa shape index (κ2) is 7.48. The zero-order valence-corrected chi connectivity index (χ0v) is 13.6. The van der Waals surface area contributed by atoms with Crippen LogP contribution in [0, 0.1) is 6.92 Å². The topological polar surface area (TPSA) is 21.3 Å². The van der Waals surface area contributed by atoms with E-state index in [-0.39, 0.29) is 0 Å². The molecule has 0 amide bonds. The number of methoxy groups -OCH3 is 1. The molecular formula is C18H22ClNO. The summed E-state index contributed by atoms with van der Waals surface area (Å²) in [7, 11) is 3.69. The summed E-state index contributed by atoms with van der Waals surface area (Å²) in [5.41, 5.74) is 3.77. The predicted octanol–water partition coefficient (Wildman–Crippen LogP) is 4.20. The lowest BCUT2D eigenvalue weighted by Crippen LogP contribution is -2.19. The monoisotopic (exact) mass is 303 g/mol. The molecule has 2 aromatic carbocycles. The van der Waals surface area contributed by atoms with Crippen molar-refractivity contribution in [1.82, 2.24) is 5.32 Å². The molecule has 0 aliphatic rings. The van der Waals surface area contributed by atoms with E-state index in [1.807, 2.05) is 25.2 Å². The van der Waals surface area contributed by atoms with Crippen LogP contribution in [-0.2, 0) is 6.42 Å². The second-order valence-corrected chi connectivity index (χ2v) is 5.77. The van der Waals surface area contributed by atoms with Crippen molar-refractivity contribution in [1.29, 1.82) is 0 Å². The highest BCUT2D eigenvalue weighted by Gasteiger charge is 2.15. The molecule has 0 saturated heterocycles. The van der Waals surface area contributed by atoms with Gasteiger partial charge in [0.15, 0.2) is 0 Å². The van der Waals surface area contributed by atoms with Gasteiger partial charge in [0.2, 0.25) is 0 Å². The maximum absolute atomic E-state index is 6.13. The van der Waals surface area contributed by atoms with Gasteiger partial charge in [0.1, 0.15) is 5.75 Å². The lowest BCUT2D eigenvalue weighted by Gasteiger charge is -2.19. The number of hydrogen-bond donors (Lipinski definition) is 1. The van der Waals surface area contributed by atoms with Gasteiger partial charge in [0.05, 0.1) is 7.11 Å². The number of rotatable bonds is 6. The van der Waals surface area contributed by atoms with Crippen LogP contribution in [0.3, 0.4) is 0 Å². The van der Waals surface area contributed by atoms with Crippen molar-refractivity contribution < 1.29 is 4.74 Å². The molecule has 0 bridgehead atoms. The van der Waals surface area contributed by atoms with E-state index in [0.717, 1.165) is 29.3 Å². The van der Waals surface area contributed by atoms with Gasteiger partial charge in [-0.05, 0) is 49.7 Å². The van der Waals surface area contributed by atoms with Gasteiger partial charge in [-0.2, -0.15) is 0 Å². The molecule has 0 aliphatic carbocycles. The molecule has 0 spiro atoms. The fourth-order valence-electron chi connectivity index (χ4n) is 2.65. The van der Waals surface area contributed by atoms with Crippen molar-refractivity contribution in [2.75, 3.05) is 20.7 Å². The van der Waals surface area contributed by atoms with Crippen molar-refractivity contribution in [2.24, 2.45) is 0 Å². The van der Waals surface area contributed by atoms with Crippen molar-refractivity contribution in [2.45, 2.75) is 19.3 Å². The van der Waals surface area contributed by atoms with Crippen molar-refractivity contribution >= 4 is 11.6 Å². The molecule has 1 N–H and O–H groups in total. The molecule has 0 saturated carbocycles. The molecule has 0 radical (unpaired) electrons. The van der Waals surface area contributed by atoms with Crippen molar-refractivity contribution in [3.8, 4) is 5.75 Å². The first kappa shape index (κ1) is 15.9. The zero-order valence-electron chi connectivity index (χ0n) is 12.8. The van der Waals surface area contributed by atoms with Gasteiger partial charge in [-0.1, -0.05) is 41.4 Å². The molecule has 112 valence electrons. The fourth-order valence-corrected chi connectivity index (χ4v) is 2.85. The van der Waals surface area contributed by atoms with Crippen LogP contribution >= 0.6 is 11.6 Å². The van der Waals surface area contributed by atoms with Gasteiger partial charge in [0, 0.05) is 17.5 Å². The number of hydrogen-bond acceptors (Lipinski definition) is 2. The zero-order chi connectivity index (χ0) is 15.2. The number of aryl methyl sites for hydroxylation is 1. The van der Waals surface area contributed by atoms with Crippen LogP contribution in [0.2, 0.25) is 5.02 Å². The van der Waals surface area contributed by atoms with Crippen LogP contribution in [0.4, 0.5) is 0 Å². The van der Waals surface area contributed by atoms with E-state index < -0.39 is 0 Å². The smallest absolute Gasteiger partial charge is 0.122 e. The van der Waals surface area contributed by atoms with E-state index in [1.54, 1.807) is 7.11 Å². The molecule has 0 aromatic heterocycles. The number of halogens is 1. The molecule has 21 heavy (non-hydrogen) atoms. The summed E-state index contributed by atoms with van der Waals surface area (Å²) in [6.07, 6.45) is 0.897. The highest BCUT2D eigenvalue weighted by Crippen LogP contribution is 2.29. The average Bonchev–Trinajstić information content (AvgIpc) is 2.47. The molecule has 0 heterocycles. The summed E-state index contributed by atoms with van der Waals surface area (Å²) in [4.78, 5) is 0. The SMILES string of the molecule is CNCC(Cc1cc(Cl)ccc1OC)c1cccc(C)c1. The Morgan fingerprint density at radius 2 is 2.00 bits per heavy atom. The van der Waals surface area contributed by atoms with Crippen LogP contribution in [0.25, 0.3) is 0 Å². The maximum Gasteiger partial charge on any atom is 0.122 e. The maximum atomic E-state index is 6.13. The average molecular weight is 304 g/mol. The summed E-state index contributed by atoms with van der Waals surface area (Å²) in [6, 6.07) is 14.5. The molecule has 1 unspecified atom stereocenters. The van der Waals surface area contributed by atoms with E-state index in [0.29, 0.717) is 5.92 Å². The highest BCUT2D eigenvalue weighted by atomic mass is 35.5. The summed E-state index contributed by atoms with van der Waals surface area (Å²) >= 11 is 6.13. The molecule has 2 aromatic rings. The van der Waals surface area contributed by atoms with Gasteiger partial charge >= 0.3 is 0 Å². The van der Waals surface area contributed by atoms with Crippen molar-refractivity contribution in [3.05, 3.63) is 64.2 Å². The molecule has 2 rings (SSSR count). The minimum Gasteiger partial charge on any atom is -0.496 e. The minimum absolute atomic E-state index is 0.391.